The van der Waals surface area contributed by atoms with Crippen LogP contribution in [0.25, 0.3) is 0 Å². The summed E-state index contributed by atoms with van der Waals surface area (Å²) in [5.41, 5.74) is 1.30. The van der Waals surface area contributed by atoms with Gasteiger partial charge in [0.15, 0.2) is 5.96 Å². The molecule has 0 bridgehead atoms. The van der Waals surface area contributed by atoms with E-state index in [1.165, 1.54) is 17.8 Å². The number of piperidine rings is 1. The van der Waals surface area contributed by atoms with Crippen LogP contribution in [0.3, 0.4) is 0 Å². The average Bonchev–Trinajstić information content (AvgIpc) is 2.72. The van der Waals surface area contributed by atoms with E-state index in [2.05, 4.69) is 50.9 Å². The zero-order valence-corrected chi connectivity index (χ0v) is 16.5. The molecule has 4 nitrogen and oxygen atoms in total. The molecule has 3 rings (SSSR count). The van der Waals surface area contributed by atoms with Crippen LogP contribution in [-0.4, -0.2) is 44.4 Å². The molecule has 0 spiro atoms. The monoisotopic (exact) mass is 386 g/mol. The highest BCUT2D eigenvalue weighted by Crippen LogP contribution is 2.19. The van der Waals surface area contributed by atoms with Gasteiger partial charge in [0.25, 0.3) is 0 Å². The number of nitrogens with one attached hydrogen (secondary N) is 2. The Morgan fingerprint density at radius 3 is 2.48 bits per heavy atom. The molecule has 144 valence electrons. The fourth-order valence-electron chi connectivity index (χ4n) is 3.18. The number of halogens is 1. The second-order valence-corrected chi connectivity index (χ2v) is 7.71. The van der Waals surface area contributed by atoms with Crippen molar-refractivity contribution < 1.29 is 4.39 Å². The topological polar surface area (TPSA) is 39.7 Å². The minimum Gasteiger partial charge on any atom is -0.371 e. The van der Waals surface area contributed by atoms with E-state index >= 15 is 0 Å². The molecular weight excluding hydrogens is 359 g/mol. The molecule has 6 heteroatoms. The molecule has 0 amide bonds. The van der Waals surface area contributed by atoms with Crippen molar-refractivity contribution in [2.45, 2.75) is 23.8 Å². The third kappa shape index (κ3) is 6.17. The maximum Gasteiger partial charge on any atom is 0.191 e. The number of guanidine groups is 1. The number of anilines is 1. The largest absolute Gasteiger partial charge is 0.371 e. The van der Waals surface area contributed by atoms with Crippen molar-refractivity contribution in [1.29, 1.82) is 0 Å². The summed E-state index contributed by atoms with van der Waals surface area (Å²) in [6.07, 6.45) is 2.19. The van der Waals surface area contributed by atoms with E-state index in [1.54, 1.807) is 11.8 Å². The smallest absolute Gasteiger partial charge is 0.191 e. The second kappa shape index (κ2) is 10.2. The van der Waals surface area contributed by atoms with Gasteiger partial charge in [-0.25, -0.2) is 4.39 Å². The van der Waals surface area contributed by atoms with Crippen LogP contribution in [0.1, 0.15) is 12.8 Å². The maximum atomic E-state index is 12.9. The van der Waals surface area contributed by atoms with Crippen molar-refractivity contribution >= 4 is 23.4 Å². The normalized spacial score (nSPS) is 15.6. The Balaban J connectivity index is 1.36. The van der Waals surface area contributed by atoms with Gasteiger partial charge >= 0.3 is 0 Å². The van der Waals surface area contributed by atoms with Gasteiger partial charge in [0, 0.05) is 49.1 Å². The Labute approximate surface area is 165 Å². The molecule has 1 saturated heterocycles. The van der Waals surface area contributed by atoms with Gasteiger partial charge in [-0.3, -0.25) is 4.99 Å². The van der Waals surface area contributed by atoms with E-state index in [1.807, 2.05) is 19.2 Å². The first-order valence-corrected chi connectivity index (χ1v) is 10.4. The Hall–Kier alpha value is -2.21. The molecule has 1 fully saturated rings. The molecular formula is C21H27FN4S. The lowest BCUT2D eigenvalue weighted by atomic mass is 10.0. The molecule has 0 saturated carbocycles. The Morgan fingerprint density at radius 1 is 1.11 bits per heavy atom. The molecule has 2 aromatic rings. The standard InChI is InChI=1S/C21H27FN4S/c1-23-21(24-13-16-27-20-9-7-17(22)8-10-20)25-18-11-14-26(15-12-18)19-5-3-2-4-6-19/h2-10,18H,11-16H2,1H3,(H2,23,24,25). The number of aliphatic imine (C=N–C) groups is 1. The maximum absolute atomic E-state index is 12.9. The van der Waals surface area contributed by atoms with Gasteiger partial charge in [-0.2, -0.15) is 0 Å². The zero-order chi connectivity index (χ0) is 18.9. The number of rotatable bonds is 6. The molecule has 27 heavy (non-hydrogen) atoms. The summed E-state index contributed by atoms with van der Waals surface area (Å²) in [5.74, 6) is 1.56. The number of hydrogen-bond acceptors (Lipinski definition) is 3. The van der Waals surface area contributed by atoms with Gasteiger partial charge in [-0.15, -0.1) is 11.8 Å². The minimum atomic E-state index is -0.194. The molecule has 2 aromatic carbocycles. The predicted octanol–water partition coefficient (Wildman–Crippen LogP) is 3.75. The van der Waals surface area contributed by atoms with Crippen molar-refractivity contribution in [3.8, 4) is 0 Å². The zero-order valence-electron chi connectivity index (χ0n) is 15.7. The molecule has 0 radical (unpaired) electrons. The van der Waals surface area contributed by atoms with E-state index < -0.39 is 0 Å². The number of nitrogens with zero attached hydrogens (tertiary/aromatic N) is 2. The Kier molecular flexibility index (Phi) is 7.39. The highest BCUT2D eigenvalue weighted by atomic mass is 32.2. The second-order valence-electron chi connectivity index (χ2n) is 6.54. The lowest BCUT2D eigenvalue weighted by Gasteiger charge is -2.34. The fourth-order valence-corrected chi connectivity index (χ4v) is 3.95. The number of hydrogen-bond donors (Lipinski definition) is 2. The molecule has 0 aromatic heterocycles. The van der Waals surface area contributed by atoms with Crippen molar-refractivity contribution in [2.75, 3.05) is 37.3 Å². The van der Waals surface area contributed by atoms with Crippen LogP contribution < -0.4 is 15.5 Å². The summed E-state index contributed by atoms with van der Waals surface area (Å²) in [4.78, 5) is 7.85. The van der Waals surface area contributed by atoms with Gasteiger partial charge in [0.1, 0.15) is 5.82 Å². The summed E-state index contributed by atoms with van der Waals surface area (Å²) in [5, 5.41) is 6.91. The quantitative estimate of drug-likeness (QED) is 0.343. The molecule has 2 N–H and O–H groups in total. The lowest BCUT2D eigenvalue weighted by molar-refractivity contribution is 0.462. The van der Waals surface area contributed by atoms with Crippen molar-refractivity contribution in [2.24, 2.45) is 4.99 Å². The number of benzene rings is 2. The summed E-state index contributed by atoms with van der Waals surface area (Å²) in [6, 6.07) is 17.7. The Morgan fingerprint density at radius 2 is 1.81 bits per heavy atom. The Bertz CT molecular complexity index is 713. The van der Waals surface area contributed by atoms with E-state index in [9.17, 15) is 4.39 Å². The number of thioether (sulfide) groups is 1. The van der Waals surface area contributed by atoms with E-state index in [-0.39, 0.29) is 5.82 Å². The van der Waals surface area contributed by atoms with Crippen LogP contribution in [0.15, 0.2) is 64.5 Å². The average molecular weight is 387 g/mol. The highest BCUT2D eigenvalue weighted by Gasteiger charge is 2.20. The fraction of sp³-hybridized carbons (Fsp3) is 0.381. The minimum absolute atomic E-state index is 0.194. The van der Waals surface area contributed by atoms with Crippen LogP contribution in [0.2, 0.25) is 0 Å². The SMILES string of the molecule is CN=C(NCCSc1ccc(F)cc1)NC1CCN(c2ccccc2)CC1. The highest BCUT2D eigenvalue weighted by molar-refractivity contribution is 7.99. The van der Waals surface area contributed by atoms with Gasteiger partial charge in [-0.1, -0.05) is 18.2 Å². The first-order valence-electron chi connectivity index (χ1n) is 9.40. The van der Waals surface area contributed by atoms with Crippen molar-refractivity contribution in [1.82, 2.24) is 10.6 Å². The van der Waals surface area contributed by atoms with Gasteiger partial charge < -0.3 is 15.5 Å². The summed E-state index contributed by atoms with van der Waals surface area (Å²) >= 11 is 1.71. The first-order chi connectivity index (χ1) is 13.2. The third-order valence-corrected chi connectivity index (χ3v) is 5.67. The molecule has 1 aliphatic rings. The van der Waals surface area contributed by atoms with Crippen LogP contribution in [-0.2, 0) is 0 Å². The molecule has 1 aliphatic heterocycles. The molecule has 0 atom stereocenters. The van der Waals surface area contributed by atoms with Crippen molar-refractivity contribution in [3.63, 3.8) is 0 Å². The third-order valence-electron chi connectivity index (χ3n) is 4.66. The van der Waals surface area contributed by atoms with Crippen LogP contribution in [0.5, 0.6) is 0 Å². The molecule has 1 heterocycles. The summed E-state index contributed by atoms with van der Waals surface area (Å²) in [7, 11) is 1.81. The van der Waals surface area contributed by atoms with Crippen LogP contribution >= 0.6 is 11.8 Å². The first kappa shape index (κ1) is 19.5. The predicted molar refractivity (Wildman–Crippen MR) is 113 cm³/mol. The number of para-hydroxylation sites is 1. The van der Waals surface area contributed by atoms with E-state index in [4.69, 9.17) is 0 Å². The van der Waals surface area contributed by atoms with E-state index in [0.717, 1.165) is 49.1 Å². The van der Waals surface area contributed by atoms with E-state index in [0.29, 0.717) is 6.04 Å². The van der Waals surface area contributed by atoms with Gasteiger partial charge in [0.05, 0.1) is 0 Å². The van der Waals surface area contributed by atoms with Crippen LogP contribution in [0.4, 0.5) is 10.1 Å². The van der Waals surface area contributed by atoms with Gasteiger partial charge in [-0.05, 0) is 49.2 Å². The lowest BCUT2D eigenvalue weighted by Crippen LogP contribution is -2.49. The summed E-state index contributed by atoms with van der Waals surface area (Å²) in [6.45, 7) is 2.92. The van der Waals surface area contributed by atoms with Crippen molar-refractivity contribution in [3.05, 3.63) is 60.4 Å². The summed E-state index contributed by atoms with van der Waals surface area (Å²) < 4.78 is 12.9. The molecule has 0 aliphatic carbocycles. The molecule has 0 unspecified atom stereocenters. The van der Waals surface area contributed by atoms with Gasteiger partial charge in [0.2, 0.25) is 0 Å². The van der Waals surface area contributed by atoms with Crippen LogP contribution in [0, 0.1) is 5.82 Å².